The molecule has 0 atom stereocenters. The number of benzene rings is 4. The van der Waals surface area contributed by atoms with E-state index in [1.807, 2.05) is 66.7 Å². The van der Waals surface area contributed by atoms with Gasteiger partial charge in [0.2, 0.25) is 0 Å². The van der Waals surface area contributed by atoms with E-state index in [0.717, 1.165) is 36.4 Å². The number of hydrogen-bond acceptors (Lipinski definition) is 11. The number of hydrogen-bond donors (Lipinski definition) is 1. The van der Waals surface area contributed by atoms with Gasteiger partial charge in [-0.1, -0.05) is 36.4 Å². The van der Waals surface area contributed by atoms with Gasteiger partial charge in [-0.05, 0) is 47.9 Å². The molecule has 0 amide bonds. The lowest BCUT2D eigenvalue weighted by atomic mass is 10.0. The van der Waals surface area contributed by atoms with Crippen molar-refractivity contribution in [3.05, 3.63) is 103 Å². The number of fused-ring (bicyclic) bond motifs is 3. The van der Waals surface area contributed by atoms with E-state index in [-0.39, 0.29) is 28.8 Å². The van der Waals surface area contributed by atoms with E-state index >= 15 is 0 Å². The van der Waals surface area contributed by atoms with Crippen LogP contribution in [-0.4, -0.2) is 34.8 Å². The number of aromatic hydroxyl groups is 1. The zero-order valence-electron chi connectivity index (χ0n) is 22.5. The predicted octanol–water partition coefficient (Wildman–Crippen LogP) is 8.36. The number of nitrogens with zero attached hydrogens (tertiary/aromatic N) is 9. The molecule has 44 heavy (non-hydrogen) atoms. The number of rotatable bonds is 5. The molecule has 12 heteroatoms. The highest BCUT2D eigenvalue weighted by molar-refractivity contribution is 7.22. The van der Waals surface area contributed by atoms with Crippen molar-refractivity contribution >= 4 is 65.4 Å². The molecule has 0 saturated carbocycles. The van der Waals surface area contributed by atoms with E-state index in [1.54, 1.807) is 29.8 Å². The average molecular weight is 608 g/mol. The third kappa shape index (κ3) is 4.35. The van der Waals surface area contributed by atoms with Crippen molar-refractivity contribution in [3.63, 3.8) is 0 Å². The number of nitriles is 1. The minimum absolute atomic E-state index is 0.0754. The third-order valence-corrected chi connectivity index (χ3v) is 9.16. The standard InChI is InChI=1S/C32H17N9OS2/c33-16-20-17-36-41(32-34-12-5-13-35-32)29(20)40-39-27-21-11-10-18(30-37-23-6-1-3-8-25(23)43-30)14-19(21)15-22(28(27)42)31-38-24-7-2-4-9-26(24)44-31/h1-15,17,42H. The van der Waals surface area contributed by atoms with Gasteiger partial charge < -0.3 is 5.11 Å². The van der Waals surface area contributed by atoms with Crippen LogP contribution in [-0.2, 0) is 0 Å². The van der Waals surface area contributed by atoms with E-state index in [4.69, 9.17) is 9.97 Å². The molecule has 0 aliphatic rings. The number of azo groups is 1. The minimum Gasteiger partial charge on any atom is -0.505 e. The molecular formula is C32H17N9OS2. The molecule has 208 valence electrons. The van der Waals surface area contributed by atoms with Crippen molar-refractivity contribution in [1.82, 2.24) is 29.7 Å². The summed E-state index contributed by atoms with van der Waals surface area (Å²) in [6.07, 6.45) is 4.52. The molecule has 0 saturated heterocycles. The lowest BCUT2D eigenvalue weighted by molar-refractivity contribution is 0.479. The Morgan fingerprint density at radius 1 is 0.795 bits per heavy atom. The molecular weight excluding hydrogens is 591 g/mol. The fourth-order valence-corrected chi connectivity index (χ4v) is 6.86. The van der Waals surface area contributed by atoms with Crippen LogP contribution in [0.3, 0.4) is 0 Å². The maximum Gasteiger partial charge on any atom is 0.252 e. The quantitative estimate of drug-likeness (QED) is 0.194. The van der Waals surface area contributed by atoms with Crippen LogP contribution in [0.15, 0.2) is 108 Å². The third-order valence-electron chi connectivity index (χ3n) is 7.00. The van der Waals surface area contributed by atoms with Gasteiger partial charge in [-0.25, -0.2) is 19.9 Å². The molecule has 0 aliphatic carbocycles. The maximum atomic E-state index is 11.7. The molecule has 4 heterocycles. The smallest absolute Gasteiger partial charge is 0.252 e. The monoisotopic (exact) mass is 607 g/mol. The van der Waals surface area contributed by atoms with E-state index in [0.29, 0.717) is 16.0 Å². The number of thiazole rings is 2. The Bertz CT molecular complexity index is 2370. The highest BCUT2D eigenvalue weighted by Gasteiger charge is 2.20. The summed E-state index contributed by atoms with van der Waals surface area (Å²) < 4.78 is 3.44. The number of phenolic OH excluding ortho intramolecular Hbond substituents is 1. The molecule has 0 unspecified atom stereocenters. The van der Waals surface area contributed by atoms with Crippen LogP contribution in [0.1, 0.15) is 5.56 Å². The molecule has 0 spiro atoms. The van der Waals surface area contributed by atoms with Gasteiger partial charge in [0, 0.05) is 23.3 Å². The fraction of sp³-hybridized carbons (Fsp3) is 0. The number of para-hydroxylation sites is 2. The molecule has 4 aromatic heterocycles. The summed E-state index contributed by atoms with van der Waals surface area (Å²) >= 11 is 3.10. The van der Waals surface area contributed by atoms with Crippen molar-refractivity contribution in [2.24, 2.45) is 10.2 Å². The lowest BCUT2D eigenvalue weighted by Crippen LogP contribution is -2.01. The van der Waals surface area contributed by atoms with Crippen LogP contribution in [0.5, 0.6) is 5.75 Å². The highest BCUT2D eigenvalue weighted by Crippen LogP contribution is 2.46. The van der Waals surface area contributed by atoms with Gasteiger partial charge >= 0.3 is 0 Å². The zero-order chi connectivity index (χ0) is 29.6. The molecule has 1 N–H and O–H groups in total. The molecule has 8 rings (SSSR count). The van der Waals surface area contributed by atoms with Crippen LogP contribution < -0.4 is 0 Å². The summed E-state index contributed by atoms with van der Waals surface area (Å²) in [6, 6.07) is 27.4. The van der Waals surface area contributed by atoms with Gasteiger partial charge in [0.1, 0.15) is 27.3 Å². The minimum atomic E-state index is -0.0754. The zero-order valence-corrected chi connectivity index (χ0v) is 24.2. The van der Waals surface area contributed by atoms with Gasteiger partial charge in [-0.2, -0.15) is 15.0 Å². The summed E-state index contributed by atoms with van der Waals surface area (Å²) in [6.45, 7) is 0. The van der Waals surface area contributed by atoms with E-state index in [1.165, 1.54) is 22.2 Å². The molecule has 0 aliphatic heterocycles. The first-order valence-electron chi connectivity index (χ1n) is 13.3. The van der Waals surface area contributed by atoms with Gasteiger partial charge in [0.15, 0.2) is 11.6 Å². The molecule has 0 fully saturated rings. The molecule has 0 bridgehead atoms. The first-order chi connectivity index (χ1) is 21.7. The summed E-state index contributed by atoms with van der Waals surface area (Å²) in [7, 11) is 0. The summed E-state index contributed by atoms with van der Waals surface area (Å²) in [4.78, 5) is 18.1. The molecule has 0 radical (unpaired) electrons. The van der Waals surface area contributed by atoms with Crippen molar-refractivity contribution < 1.29 is 5.11 Å². The van der Waals surface area contributed by atoms with Crippen LogP contribution in [0.4, 0.5) is 11.5 Å². The Kier molecular flexibility index (Phi) is 6.11. The van der Waals surface area contributed by atoms with Crippen LogP contribution in [0.2, 0.25) is 0 Å². The van der Waals surface area contributed by atoms with Crippen LogP contribution >= 0.6 is 22.7 Å². The Balaban J connectivity index is 1.33. The second-order valence-corrected chi connectivity index (χ2v) is 11.7. The van der Waals surface area contributed by atoms with Crippen molar-refractivity contribution in [2.45, 2.75) is 0 Å². The summed E-state index contributed by atoms with van der Waals surface area (Å²) in [5.74, 6) is 0.303. The van der Waals surface area contributed by atoms with E-state index in [9.17, 15) is 10.4 Å². The maximum absolute atomic E-state index is 11.7. The first-order valence-corrected chi connectivity index (χ1v) is 15.0. The normalized spacial score (nSPS) is 11.6. The fourth-order valence-electron chi connectivity index (χ4n) is 4.92. The topological polar surface area (TPSA) is 138 Å². The first kappa shape index (κ1) is 25.8. The second-order valence-electron chi connectivity index (χ2n) is 9.68. The Hall–Kier alpha value is -5.90. The summed E-state index contributed by atoms with van der Waals surface area (Å²) in [5, 5.41) is 37.6. The Morgan fingerprint density at radius 3 is 2.23 bits per heavy atom. The van der Waals surface area contributed by atoms with Crippen molar-refractivity contribution in [1.29, 1.82) is 5.26 Å². The van der Waals surface area contributed by atoms with Gasteiger partial charge in [0.05, 0.1) is 32.2 Å². The SMILES string of the molecule is N#Cc1cnn(-c2ncccn2)c1N=Nc1c(O)c(-c2nc3ccccc3s2)cc2cc(-c3nc4ccccc4s3)ccc12. The van der Waals surface area contributed by atoms with Crippen LogP contribution in [0.25, 0.3) is 58.3 Å². The number of phenols is 1. The Morgan fingerprint density at radius 2 is 1.50 bits per heavy atom. The van der Waals surface area contributed by atoms with Gasteiger partial charge in [-0.3, -0.25) is 0 Å². The second kappa shape index (κ2) is 10.4. The Labute approximate surface area is 256 Å². The highest BCUT2D eigenvalue weighted by atomic mass is 32.1. The average Bonchev–Trinajstić information content (AvgIpc) is 3.80. The largest absolute Gasteiger partial charge is 0.505 e. The van der Waals surface area contributed by atoms with Gasteiger partial charge in [-0.15, -0.1) is 32.9 Å². The van der Waals surface area contributed by atoms with Gasteiger partial charge in [0.25, 0.3) is 5.95 Å². The van der Waals surface area contributed by atoms with Crippen molar-refractivity contribution in [3.8, 4) is 38.9 Å². The van der Waals surface area contributed by atoms with E-state index in [2.05, 4.69) is 37.4 Å². The number of aromatic nitrogens is 6. The molecule has 10 nitrogen and oxygen atoms in total. The van der Waals surface area contributed by atoms with E-state index < -0.39 is 0 Å². The molecule has 8 aromatic rings. The lowest BCUT2D eigenvalue weighted by Gasteiger charge is -2.10. The molecule has 4 aromatic carbocycles. The van der Waals surface area contributed by atoms with Crippen LogP contribution in [0, 0.1) is 11.3 Å². The predicted molar refractivity (Wildman–Crippen MR) is 171 cm³/mol. The summed E-state index contributed by atoms with van der Waals surface area (Å²) in [5.41, 5.74) is 3.66. The van der Waals surface area contributed by atoms with Crippen molar-refractivity contribution in [2.75, 3.05) is 0 Å².